The van der Waals surface area contributed by atoms with Gasteiger partial charge in [0, 0.05) is 19.2 Å². The third-order valence-corrected chi connectivity index (χ3v) is 1.83. The van der Waals surface area contributed by atoms with Gasteiger partial charge in [0.2, 0.25) is 0 Å². The highest BCUT2D eigenvalue weighted by Gasteiger charge is 2.11. The topological polar surface area (TPSA) is 44.3 Å². The predicted molar refractivity (Wildman–Crippen MR) is 41.0 cm³/mol. The number of nitrogens with one attached hydrogen (secondary N) is 2. The molecule has 0 saturated carbocycles. The van der Waals surface area contributed by atoms with Gasteiger partial charge in [-0.15, -0.1) is 0 Å². The first-order valence-electron chi connectivity index (χ1n) is 3.98. The van der Waals surface area contributed by atoms with Crippen molar-refractivity contribution in [3.63, 3.8) is 0 Å². The van der Waals surface area contributed by atoms with Crippen LogP contribution in [-0.2, 0) is 0 Å². The summed E-state index contributed by atoms with van der Waals surface area (Å²) in [5.41, 5.74) is 0. The second-order valence-corrected chi connectivity index (χ2v) is 2.72. The molecule has 3 heteroatoms. The molecule has 3 N–H and O–H groups in total. The standard InChI is InChI=1S/C7H16N2O/c10-5-1-3-9-7-2-4-8-6-7/h7-10H,1-6H2/t7-/m0/s1. The lowest BCUT2D eigenvalue weighted by Crippen LogP contribution is -2.31. The van der Waals surface area contributed by atoms with Crippen molar-refractivity contribution in [3.05, 3.63) is 0 Å². The Morgan fingerprint density at radius 3 is 3.10 bits per heavy atom. The first kappa shape index (κ1) is 7.98. The van der Waals surface area contributed by atoms with Gasteiger partial charge in [0.25, 0.3) is 0 Å². The lowest BCUT2D eigenvalue weighted by molar-refractivity contribution is 0.283. The summed E-state index contributed by atoms with van der Waals surface area (Å²) in [5.74, 6) is 0. The molecule has 0 aromatic rings. The average molecular weight is 144 g/mol. The Hall–Kier alpha value is -0.120. The average Bonchev–Trinajstić information content (AvgIpc) is 2.41. The molecule has 0 radical (unpaired) electrons. The Kier molecular flexibility index (Phi) is 3.72. The van der Waals surface area contributed by atoms with Crippen LogP contribution in [0.3, 0.4) is 0 Å². The molecule has 0 unspecified atom stereocenters. The van der Waals surface area contributed by atoms with Crippen LogP contribution in [0.15, 0.2) is 0 Å². The van der Waals surface area contributed by atoms with E-state index in [1.807, 2.05) is 0 Å². The fraction of sp³-hybridized carbons (Fsp3) is 1.00. The molecule has 10 heavy (non-hydrogen) atoms. The zero-order valence-corrected chi connectivity index (χ0v) is 6.27. The molecule has 1 saturated heterocycles. The lowest BCUT2D eigenvalue weighted by Gasteiger charge is -2.09. The third-order valence-electron chi connectivity index (χ3n) is 1.83. The van der Waals surface area contributed by atoms with Crippen LogP contribution < -0.4 is 10.6 Å². The van der Waals surface area contributed by atoms with Gasteiger partial charge in [-0.2, -0.15) is 0 Å². The summed E-state index contributed by atoms with van der Waals surface area (Å²) >= 11 is 0. The minimum atomic E-state index is 0.299. The Morgan fingerprint density at radius 2 is 2.50 bits per heavy atom. The van der Waals surface area contributed by atoms with Crippen LogP contribution in [0.1, 0.15) is 12.8 Å². The van der Waals surface area contributed by atoms with E-state index < -0.39 is 0 Å². The van der Waals surface area contributed by atoms with Crippen molar-refractivity contribution in [2.75, 3.05) is 26.2 Å². The number of hydrogen-bond acceptors (Lipinski definition) is 3. The van der Waals surface area contributed by atoms with Crippen molar-refractivity contribution in [2.24, 2.45) is 0 Å². The van der Waals surface area contributed by atoms with E-state index in [1.54, 1.807) is 0 Å². The maximum atomic E-state index is 8.48. The van der Waals surface area contributed by atoms with E-state index in [9.17, 15) is 0 Å². The zero-order chi connectivity index (χ0) is 7.23. The van der Waals surface area contributed by atoms with Crippen molar-refractivity contribution >= 4 is 0 Å². The van der Waals surface area contributed by atoms with Crippen LogP contribution >= 0.6 is 0 Å². The minimum Gasteiger partial charge on any atom is -0.396 e. The molecule has 1 heterocycles. The summed E-state index contributed by atoms with van der Waals surface area (Å²) in [4.78, 5) is 0. The highest BCUT2D eigenvalue weighted by molar-refractivity contribution is 4.76. The van der Waals surface area contributed by atoms with Crippen LogP contribution in [0.25, 0.3) is 0 Å². The monoisotopic (exact) mass is 144 g/mol. The van der Waals surface area contributed by atoms with E-state index in [4.69, 9.17) is 5.11 Å². The van der Waals surface area contributed by atoms with Crippen molar-refractivity contribution in [3.8, 4) is 0 Å². The largest absolute Gasteiger partial charge is 0.396 e. The van der Waals surface area contributed by atoms with E-state index >= 15 is 0 Å². The Balaban J connectivity index is 1.91. The Bertz CT molecular complexity index is 81.7. The van der Waals surface area contributed by atoms with Gasteiger partial charge < -0.3 is 15.7 Å². The van der Waals surface area contributed by atoms with E-state index in [-0.39, 0.29) is 0 Å². The van der Waals surface area contributed by atoms with Gasteiger partial charge in [-0.25, -0.2) is 0 Å². The van der Waals surface area contributed by atoms with Crippen molar-refractivity contribution in [2.45, 2.75) is 18.9 Å². The molecule has 1 rings (SSSR count). The number of aliphatic hydroxyl groups is 1. The summed E-state index contributed by atoms with van der Waals surface area (Å²) in [6.45, 7) is 3.47. The van der Waals surface area contributed by atoms with Gasteiger partial charge in [0.05, 0.1) is 0 Å². The van der Waals surface area contributed by atoms with Gasteiger partial charge in [-0.3, -0.25) is 0 Å². The van der Waals surface area contributed by atoms with E-state index in [1.165, 1.54) is 6.42 Å². The number of rotatable bonds is 4. The van der Waals surface area contributed by atoms with E-state index in [0.29, 0.717) is 12.6 Å². The number of hydrogen-bond donors (Lipinski definition) is 3. The van der Waals surface area contributed by atoms with Crippen molar-refractivity contribution in [1.82, 2.24) is 10.6 Å². The van der Waals surface area contributed by atoms with Gasteiger partial charge in [0.15, 0.2) is 0 Å². The molecule has 1 atom stereocenters. The van der Waals surface area contributed by atoms with Crippen LogP contribution in [0, 0.1) is 0 Å². The normalized spacial score (nSPS) is 25.5. The van der Waals surface area contributed by atoms with E-state index in [2.05, 4.69) is 10.6 Å². The molecule has 60 valence electrons. The molecule has 1 aliphatic rings. The fourth-order valence-corrected chi connectivity index (χ4v) is 1.21. The molecular formula is C7H16N2O. The lowest BCUT2D eigenvalue weighted by atomic mass is 10.2. The highest BCUT2D eigenvalue weighted by atomic mass is 16.3. The first-order chi connectivity index (χ1) is 4.93. The Morgan fingerprint density at radius 1 is 1.60 bits per heavy atom. The molecule has 3 nitrogen and oxygen atoms in total. The Labute approximate surface area is 61.8 Å². The molecule has 0 aromatic carbocycles. The fourth-order valence-electron chi connectivity index (χ4n) is 1.21. The van der Waals surface area contributed by atoms with Crippen LogP contribution in [-0.4, -0.2) is 37.4 Å². The first-order valence-corrected chi connectivity index (χ1v) is 3.98. The van der Waals surface area contributed by atoms with Crippen molar-refractivity contribution in [1.29, 1.82) is 0 Å². The SMILES string of the molecule is OCCCN[C@H]1CCNC1. The molecule has 0 aliphatic carbocycles. The highest BCUT2D eigenvalue weighted by Crippen LogP contribution is 1.95. The molecule has 0 bridgehead atoms. The van der Waals surface area contributed by atoms with E-state index in [0.717, 1.165) is 26.1 Å². The quantitative estimate of drug-likeness (QED) is 0.458. The van der Waals surface area contributed by atoms with Gasteiger partial charge in [-0.05, 0) is 25.9 Å². The summed E-state index contributed by atoms with van der Waals surface area (Å²) < 4.78 is 0. The molecular weight excluding hydrogens is 128 g/mol. The van der Waals surface area contributed by atoms with Crippen LogP contribution in [0.4, 0.5) is 0 Å². The molecule has 0 spiro atoms. The van der Waals surface area contributed by atoms with Crippen LogP contribution in [0.2, 0.25) is 0 Å². The minimum absolute atomic E-state index is 0.299. The summed E-state index contributed by atoms with van der Waals surface area (Å²) in [6.07, 6.45) is 2.10. The summed E-state index contributed by atoms with van der Waals surface area (Å²) in [7, 11) is 0. The maximum absolute atomic E-state index is 8.48. The van der Waals surface area contributed by atoms with Gasteiger partial charge in [0.1, 0.15) is 0 Å². The second kappa shape index (κ2) is 4.66. The zero-order valence-electron chi connectivity index (χ0n) is 6.27. The third kappa shape index (κ3) is 2.64. The van der Waals surface area contributed by atoms with Crippen LogP contribution in [0.5, 0.6) is 0 Å². The molecule has 1 fully saturated rings. The smallest absolute Gasteiger partial charge is 0.0443 e. The molecule has 0 amide bonds. The predicted octanol–water partition coefficient (Wildman–Crippen LogP) is -0.680. The second-order valence-electron chi connectivity index (χ2n) is 2.72. The maximum Gasteiger partial charge on any atom is 0.0443 e. The number of aliphatic hydroxyl groups excluding tert-OH is 1. The molecule has 1 aliphatic heterocycles. The van der Waals surface area contributed by atoms with Gasteiger partial charge in [-0.1, -0.05) is 0 Å². The summed E-state index contributed by atoms with van der Waals surface area (Å²) in [6, 6.07) is 0.645. The van der Waals surface area contributed by atoms with Gasteiger partial charge >= 0.3 is 0 Å². The summed E-state index contributed by atoms with van der Waals surface area (Å²) in [5, 5.41) is 15.1. The van der Waals surface area contributed by atoms with Crippen molar-refractivity contribution < 1.29 is 5.11 Å². The molecule has 0 aromatic heterocycles.